The summed E-state index contributed by atoms with van der Waals surface area (Å²) in [6.07, 6.45) is 1.38. The summed E-state index contributed by atoms with van der Waals surface area (Å²) in [5.74, 6) is 0. The van der Waals surface area contributed by atoms with E-state index in [1.807, 2.05) is 0 Å². The van der Waals surface area contributed by atoms with Crippen LogP contribution in [0.1, 0.15) is 6.42 Å². The SMILES string of the molecule is I[C@H]1CCN(I)C1. The van der Waals surface area contributed by atoms with Crippen molar-refractivity contribution in [1.29, 1.82) is 0 Å². The molecule has 0 aromatic carbocycles. The summed E-state index contributed by atoms with van der Waals surface area (Å²) in [5, 5.41) is 0. The molecule has 7 heavy (non-hydrogen) atoms. The number of halogens is 2. The van der Waals surface area contributed by atoms with E-state index in [1.165, 1.54) is 19.5 Å². The van der Waals surface area contributed by atoms with Gasteiger partial charge in [0.05, 0.1) is 0 Å². The molecule has 0 amide bonds. The highest BCUT2D eigenvalue weighted by Crippen LogP contribution is 2.19. The van der Waals surface area contributed by atoms with E-state index >= 15 is 0 Å². The second-order valence-electron chi connectivity index (χ2n) is 1.75. The first-order valence-corrected chi connectivity index (χ1v) is 4.55. The topological polar surface area (TPSA) is 3.24 Å². The molecule has 0 N–H and O–H groups in total. The fraction of sp³-hybridized carbons (Fsp3) is 1.00. The van der Waals surface area contributed by atoms with Crippen molar-refractivity contribution in [2.24, 2.45) is 0 Å². The largest absolute Gasteiger partial charge is 0.246 e. The van der Waals surface area contributed by atoms with E-state index in [0.29, 0.717) is 0 Å². The third-order valence-corrected chi connectivity index (χ3v) is 2.97. The fourth-order valence-corrected chi connectivity index (χ4v) is 2.94. The van der Waals surface area contributed by atoms with E-state index in [-0.39, 0.29) is 0 Å². The van der Waals surface area contributed by atoms with Gasteiger partial charge in [0.2, 0.25) is 0 Å². The van der Waals surface area contributed by atoms with Gasteiger partial charge in [-0.3, -0.25) is 0 Å². The molecule has 1 atom stereocenters. The van der Waals surface area contributed by atoms with Crippen molar-refractivity contribution in [2.45, 2.75) is 10.3 Å². The molecule has 0 bridgehead atoms. The van der Waals surface area contributed by atoms with E-state index < -0.39 is 0 Å². The Hall–Kier alpha value is 1.42. The molecule has 1 saturated heterocycles. The highest BCUT2D eigenvalue weighted by atomic mass is 127. The van der Waals surface area contributed by atoms with Crippen molar-refractivity contribution in [3.8, 4) is 0 Å². The highest BCUT2D eigenvalue weighted by Gasteiger charge is 2.16. The standard InChI is InChI=1S/C4H7I2N/c5-4-1-2-7(6)3-4/h4H,1-3H2/t4-/m0/s1. The molecule has 1 fully saturated rings. The van der Waals surface area contributed by atoms with Crippen LogP contribution < -0.4 is 0 Å². The van der Waals surface area contributed by atoms with Crippen molar-refractivity contribution in [3.63, 3.8) is 0 Å². The lowest BCUT2D eigenvalue weighted by Crippen LogP contribution is -2.05. The van der Waals surface area contributed by atoms with Gasteiger partial charge in [-0.05, 0) is 6.42 Å². The summed E-state index contributed by atoms with van der Waals surface area (Å²) in [6, 6.07) is 0. The number of rotatable bonds is 0. The highest BCUT2D eigenvalue weighted by molar-refractivity contribution is 14.1. The Labute approximate surface area is 71.5 Å². The van der Waals surface area contributed by atoms with Gasteiger partial charge in [-0.1, -0.05) is 22.6 Å². The van der Waals surface area contributed by atoms with Crippen LogP contribution in [-0.2, 0) is 0 Å². The molecule has 1 nitrogen and oxygen atoms in total. The van der Waals surface area contributed by atoms with E-state index in [1.54, 1.807) is 0 Å². The zero-order valence-corrected chi connectivity index (χ0v) is 8.22. The van der Waals surface area contributed by atoms with Crippen LogP contribution in [0.5, 0.6) is 0 Å². The Morgan fingerprint density at radius 1 is 1.57 bits per heavy atom. The summed E-state index contributed by atoms with van der Waals surface area (Å²) in [7, 11) is 0. The summed E-state index contributed by atoms with van der Waals surface area (Å²) < 4.78 is 3.25. The summed E-state index contributed by atoms with van der Waals surface area (Å²) in [5.41, 5.74) is 0. The third kappa shape index (κ3) is 2.01. The molecule has 0 spiro atoms. The summed E-state index contributed by atoms with van der Waals surface area (Å²) in [6.45, 7) is 2.56. The monoisotopic (exact) mass is 323 g/mol. The van der Waals surface area contributed by atoms with Crippen LogP contribution in [0.3, 0.4) is 0 Å². The van der Waals surface area contributed by atoms with Crippen molar-refractivity contribution in [1.82, 2.24) is 3.11 Å². The van der Waals surface area contributed by atoms with Crippen LogP contribution in [0.2, 0.25) is 0 Å². The molecule has 1 aliphatic heterocycles. The van der Waals surface area contributed by atoms with E-state index in [0.717, 1.165) is 3.92 Å². The minimum atomic E-state index is 0.912. The van der Waals surface area contributed by atoms with Gasteiger partial charge in [0.25, 0.3) is 0 Å². The average molecular weight is 323 g/mol. The maximum Gasteiger partial charge on any atom is 0.0258 e. The molecular weight excluding hydrogens is 316 g/mol. The maximum atomic E-state index is 2.50. The Kier molecular flexibility index (Phi) is 2.63. The van der Waals surface area contributed by atoms with Crippen LogP contribution in [0.4, 0.5) is 0 Å². The molecule has 42 valence electrons. The van der Waals surface area contributed by atoms with Gasteiger partial charge in [0.15, 0.2) is 0 Å². The third-order valence-electron chi connectivity index (χ3n) is 1.08. The van der Waals surface area contributed by atoms with Crippen LogP contribution >= 0.6 is 45.5 Å². The molecule has 0 aliphatic carbocycles. The van der Waals surface area contributed by atoms with Gasteiger partial charge in [0.1, 0.15) is 0 Å². The van der Waals surface area contributed by atoms with Crippen molar-refractivity contribution in [2.75, 3.05) is 13.1 Å². The lowest BCUT2D eigenvalue weighted by atomic mass is 10.4. The molecule has 0 aromatic heterocycles. The summed E-state index contributed by atoms with van der Waals surface area (Å²) in [4.78, 5) is 0. The second-order valence-corrected chi connectivity index (χ2v) is 4.88. The molecular formula is C4H7I2N. The fourth-order valence-electron chi connectivity index (χ4n) is 0.678. The first-order valence-electron chi connectivity index (χ1n) is 2.34. The maximum absolute atomic E-state index is 2.50. The van der Waals surface area contributed by atoms with Gasteiger partial charge in [0, 0.05) is 39.9 Å². The van der Waals surface area contributed by atoms with Gasteiger partial charge in [-0.2, -0.15) is 0 Å². The Morgan fingerprint density at radius 2 is 2.29 bits per heavy atom. The lowest BCUT2D eigenvalue weighted by molar-refractivity contribution is 0.638. The summed E-state index contributed by atoms with van der Waals surface area (Å²) >= 11 is 4.88. The van der Waals surface area contributed by atoms with Gasteiger partial charge in [-0.15, -0.1) is 0 Å². The smallest absolute Gasteiger partial charge is 0.0258 e. The van der Waals surface area contributed by atoms with E-state index in [4.69, 9.17) is 0 Å². The van der Waals surface area contributed by atoms with Crippen LogP contribution in [-0.4, -0.2) is 20.1 Å². The van der Waals surface area contributed by atoms with Gasteiger partial charge >= 0.3 is 0 Å². The van der Waals surface area contributed by atoms with Crippen molar-refractivity contribution >= 4 is 45.5 Å². The number of hydrogen-bond acceptors (Lipinski definition) is 1. The molecule has 0 radical (unpaired) electrons. The molecule has 0 saturated carbocycles. The van der Waals surface area contributed by atoms with Crippen LogP contribution in [0.25, 0.3) is 0 Å². The second kappa shape index (κ2) is 2.82. The van der Waals surface area contributed by atoms with Crippen LogP contribution in [0, 0.1) is 0 Å². The first kappa shape index (κ1) is 6.54. The average Bonchev–Trinajstić information content (AvgIpc) is 1.87. The molecule has 1 rings (SSSR count). The molecule has 0 aromatic rings. The minimum Gasteiger partial charge on any atom is -0.246 e. The molecule has 3 heteroatoms. The van der Waals surface area contributed by atoms with E-state index in [2.05, 4.69) is 48.6 Å². The van der Waals surface area contributed by atoms with E-state index in [9.17, 15) is 0 Å². The Balaban J connectivity index is 2.26. The Bertz CT molecular complexity index is 58.7. The number of hydrogen-bond donors (Lipinski definition) is 0. The van der Waals surface area contributed by atoms with Crippen molar-refractivity contribution < 1.29 is 0 Å². The van der Waals surface area contributed by atoms with Gasteiger partial charge < -0.3 is 0 Å². The molecule has 1 heterocycles. The number of nitrogens with zero attached hydrogens (tertiary/aromatic N) is 1. The first-order chi connectivity index (χ1) is 3.29. The van der Waals surface area contributed by atoms with Crippen molar-refractivity contribution in [3.05, 3.63) is 0 Å². The predicted molar refractivity (Wildman–Crippen MR) is 48.0 cm³/mol. The van der Waals surface area contributed by atoms with Crippen LogP contribution in [0.15, 0.2) is 0 Å². The minimum absolute atomic E-state index is 0.912. The zero-order chi connectivity index (χ0) is 5.28. The normalized spacial score (nSPS) is 34.3. The lowest BCUT2D eigenvalue weighted by Gasteiger charge is -1.99. The van der Waals surface area contributed by atoms with Gasteiger partial charge in [-0.25, -0.2) is 3.11 Å². The zero-order valence-electron chi connectivity index (χ0n) is 3.90. The molecule has 1 aliphatic rings. The predicted octanol–water partition coefficient (Wildman–Crippen LogP) is 1.85. The quantitative estimate of drug-likeness (QED) is 0.374. The Morgan fingerprint density at radius 3 is 2.43 bits per heavy atom. The molecule has 0 unspecified atom stereocenters. The number of alkyl halides is 1.